The summed E-state index contributed by atoms with van der Waals surface area (Å²) in [4.78, 5) is 5.02. The topological polar surface area (TPSA) is 41.7 Å². The molecule has 0 aliphatic carbocycles. The molecule has 0 aromatic rings. The van der Waals surface area contributed by atoms with E-state index in [1.54, 1.807) is 0 Å². The molecule has 4 nitrogen and oxygen atoms in total. The summed E-state index contributed by atoms with van der Waals surface area (Å²) in [5, 5.41) is 0. The van der Waals surface area contributed by atoms with Crippen molar-refractivity contribution in [2.45, 2.75) is 37.8 Å². The summed E-state index contributed by atoms with van der Waals surface area (Å²) in [6, 6.07) is 0. The molecule has 17 heavy (non-hydrogen) atoms. The molecule has 0 bridgehead atoms. The number of nitrogens with two attached hydrogens (primary N) is 1. The zero-order chi connectivity index (χ0) is 12.3. The van der Waals surface area contributed by atoms with E-state index in [9.17, 15) is 0 Å². The van der Waals surface area contributed by atoms with Crippen LogP contribution in [-0.4, -0.2) is 67.8 Å². The minimum atomic E-state index is 0.231. The summed E-state index contributed by atoms with van der Waals surface area (Å²) in [5.74, 6) is 0. The second-order valence-electron chi connectivity index (χ2n) is 5.71. The van der Waals surface area contributed by atoms with Crippen LogP contribution in [-0.2, 0) is 4.74 Å². The molecule has 1 unspecified atom stereocenters. The van der Waals surface area contributed by atoms with Crippen LogP contribution in [0.1, 0.15) is 26.2 Å². The van der Waals surface area contributed by atoms with Gasteiger partial charge in [0.05, 0.1) is 6.10 Å². The van der Waals surface area contributed by atoms with Gasteiger partial charge in [-0.2, -0.15) is 0 Å². The van der Waals surface area contributed by atoms with Crippen LogP contribution in [0.5, 0.6) is 0 Å². The maximum atomic E-state index is 6.11. The monoisotopic (exact) mass is 241 g/mol. The van der Waals surface area contributed by atoms with E-state index in [0.29, 0.717) is 6.10 Å². The fourth-order valence-electron chi connectivity index (χ4n) is 3.11. The van der Waals surface area contributed by atoms with Crippen molar-refractivity contribution >= 4 is 0 Å². The minimum absolute atomic E-state index is 0.231. The second-order valence-corrected chi connectivity index (χ2v) is 5.71. The molecule has 2 saturated heterocycles. The van der Waals surface area contributed by atoms with E-state index in [4.69, 9.17) is 10.5 Å². The summed E-state index contributed by atoms with van der Waals surface area (Å²) in [5.41, 5.74) is 6.34. The summed E-state index contributed by atoms with van der Waals surface area (Å²) in [6.07, 6.45) is 3.89. The molecule has 1 atom stereocenters. The highest BCUT2D eigenvalue weighted by molar-refractivity contribution is 4.96. The average Bonchev–Trinajstić information content (AvgIpc) is 2.56. The van der Waals surface area contributed by atoms with Gasteiger partial charge in [-0.3, -0.25) is 4.90 Å². The SMILES string of the molecule is CC1CN(C2(CN)CCN(C)CC2)CCCO1. The van der Waals surface area contributed by atoms with Gasteiger partial charge in [-0.05, 0) is 46.3 Å². The molecule has 2 aliphatic heterocycles. The second kappa shape index (κ2) is 5.65. The fraction of sp³-hybridized carbons (Fsp3) is 1.00. The maximum absolute atomic E-state index is 6.11. The molecule has 0 aromatic carbocycles. The summed E-state index contributed by atoms with van der Waals surface area (Å²) < 4.78 is 5.74. The minimum Gasteiger partial charge on any atom is -0.377 e. The Kier molecular flexibility index (Phi) is 4.42. The Hall–Kier alpha value is -0.160. The van der Waals surface area contributed by atoms with Crippen LogP contribution in [0, 0.1) is 0 Å². The van der Waals surface area contributed by atoms with Crippen molar-refractivity contribution in [3.8, 4) is 0 Å². The van der Waals surface area contributed by atoms with Crippen LogP contribution in [0.3, 0.4) is 0 Å². The van der Waals surface area contributed by atoms with Crippen LogP contribution in [0.4, 0.5) is 0 Å². The molecule has 0 spiro atoms. The zero-order valence-corrected chi connectivity index (χ0v) is 11.3. The molecule has 0 saturated carbocycles. The third kappa shape index (κ3) is 2.99. The number of nitrogens with zero attached hydrogens (tertiary/aromatic N) is 2. The molecule has 0 radical (unpaired) electrons. The van der Waals surface area contributed by atoms with Crippen molar-refractivity contribution in [1.82, 2.24) is 9.80 Å². The standard InChI is InChI=1S/C13H27N3O/c1-12-10-16(6-3-9-17-12)13(11-14)4-7-15(2)8-5-13/h12H,3-11,14H2,1-2H3. The highest BCUT2D eigenvalue weighted by Crippen LogP contribution is 2.29. The fourth-order valence-corrected chi connectivity index (χ4v) is 3.11. The lowest BCUT2D eigenvalue weighted by atomic mass is 9.85. The molecular formula is C13H27N3O. The van der Waals surface area contributed by atoms with Crippen molar-refractivity contribution in [2.24, 2.45) is 5.73 Å². The van der Waals surface area contributed by atoms with E-state index in [2.05, 4.69) is 23.8 Å². The predicted octanol–water partition coefficient (Wildman–Crippen LogP) is 0.520. The summed E-state index contributed by atoms with van der Waals surface area (Å²) >= 11 is 0. The van der Waals surface area contributed by atoms with Gasteiger partial charge < -0.3 is 15.4 Å². The van der Waals surface area contributed by atoms with E-state index >= 15 is 0 Å². The van der Waals surface area contributed by atoms with Crippen LogP contribution in [0.25, 0.3) is 0 Å². The molecule has 0 aromatic heterocycles. The van der Waals surface area contributed by atoms with Gasteiger partial charge in [0.25, 0.3) is 0 Å². The van der Waals surface area contributed by atoms with Crippen molar-refractivity contribution in [1.29, 1.82) is 0 Å². The Bertz CT molecular complexity index is 239. The van der Waals surface area contributed by atoms with Crippen LogP contribution >= 0.6 is 0 Å². The lowest BCUT2D eigenvalue weighted by Gasteiger charge is -2.48. The highest BCUT2D eigenvalue weighted by atomic mass is 16.5. The number of ether oxygens (including phenoxy) is 1. The summed E-state index contributed by atoms with van der Waals surface area (Å²) in [7, 11) is 2.20. The first-order valence-corrected chi connectivity index (χ1v) is 6.91. The number of likely N-dealkylation sites (tertiary alicyclic amines) is 1. The van der Waals surface area contributed by atoms with Crippen molar-refractivity contribution in [3.63, 3.8) is 0 Å². The number of hydrogen-bond acceptors (Lipinski definition) is 4. The van der Waals surface area contributed by atoms with E-state index in [1.165, 1.54) is 25.9 Å². The van der Waals surface area contributed by atoms with Gasteiger partial charge in [0, 0.05) is 31.8 Å². The highest BCUT2D eigenvalue weighted by Gasteiger charge is 2.38. The molecule has 2 aliphatic rings. The Morgan fingerprint density at radius 3 is 2.65 bits per heavy atom. The Labute approximate surface area is 105 Å². The molecule has 4 heteroatoms. The molecule has 2 heterocycles. The van der Waals surface area contributed by atoms with Gasteiger partial charge >= 0.3 is 0 Å². The van der Waals surface area contributed by atoms with Gasteiger partial charge in [0.15, 0.2) is 0 Å². The number of hydrogen-bond donors (Lipinski definition) is 1. The van der Waals surface area contributed by atoms with Gasteiger partial charge in [-0.15, -0.1) is 0 Å². The Morgan fingerprint density at radius 1 is 1.29 bits per heavy atom. The van der Waals surface area contributed by atoms with Crippen LogP contribution < -0.4 is 5.73 Å². The quantitative estimate of drug-likeness (QED) is 0.765. The van der Waals surface area contributed by atoms with Gasteiger partial charge in [-0.1, -0.05) is 0 Å². The Balaban J connectivity index is 2.05. The smallest absolute Gasteiger partial charge is 0.0674 e. The first-order valence-electron chi connectivity index (χ1n) is 6.91. The van der Waals surface area contributed by atoms with Crippen molar-refractivity contribution < 1.29 is 4.74 Å². The molecule has 100 valence electrons. The lowest BCUT2D eigenvalue weighted by molar-refractivity contribution is 0.00917. The summed E-state index contributed by atoms with van der Waals surface area (Å²) in [6.45, 7) is 8.39. The van der Waals surface area contributed by atoms with Gasteiger partial charge in [-0.25, -0.2) is 0 Å². The predicted molar refractivity (Wildman–Crippen MR) is 70.1 cm³/mol. The normalized spacial score (nSPS) is 32.3. The first-order chi connectivity index (χ1) is 8.16. The number of rotatable bonds is 2. The van der Waals surface area contributed by atoms with E-state index in [-0.39, 0.29) is 5.54 Å². The third-order valence-corrected chi connectivity index (χ3v) is 4.42. The lowest BCUT2D eigenvalue weighted by Crippen LogP contribution is -2.60. The van der Waals surface area contributed by atoms with Gasteiger partial charge in [0.2, 0.25) is 0 Å². The maximum Gasteiger partial charge on any atom is 0.0674 e. The van der Waals surface area contributed by atoms with Crippen LogP contribution in [0.2, 0.25) is 0 Å². The molecular weight excluding hydrogens is 214 g/mol. The number of piperidine rings is 1. The molecule has 2 fully saturated rings. The van der Waals surface area contributed by atoms with E-state index in [0.717, 1.165) is 32.7 Å². The average molecular weight is 241 g/mol. The van der Waals surface area contributed by atoms with Crippen molar-refractivity contribution in [2.75, 3.05) is 46.4 Å². The van der Waals surface area contributed by atoms with E-state index < -0.39 is 0 Å². The zero-order valence-electron chi connectivity index (χ0n) is 11.3. The molecule has 2 N–H and O–H groups in total. The molecule has 2 rings (SSSR count). The molecule has 0 amide bonds. The van der Waals surface area contributed by atoms with E-state index in [1.807, 2.05) is 0 Å². The third-order valence-electron chi connectivity index (χ3n) is 4.42. The van der Waals surface area contributed by atoms with Gasteiger partial charge in [0.1, 0.15) is 0 Å². The Morgan fingerprint density at radius 2 is 2.00 bits per heavy atom. The first kappa shape index (κ1) is 13.3. The van der Waals surface area contributed by atoms with Crippen LogP contribution in [0.15, 0.2) is 0 Å². The van der Waals surface area contributed by atoms with Crippen molar-refractivity contribution in [3.05, 3.63) is 0 Å². The largest absolute Gasteiger partial charge is 0.377 e.